The number of halogens is 1. The van der Waals surface area contributed by atoms with Crippen LogP contribution in [0, 0.1) is 5.82 Å². The molecule has 0 aliphatic carbocycles. The van der Waals surface area contributed by atoms with Gasteiger partial charge < -0.3 is 15.2 Å². The van der Waals surface area contributed by atoms with Crippen molar-refractivity contribution >= 4 is 5.82 Å². The Hall–Kier alpha value is -2.37. The van der Waals surface area contributed by atoms with Crippen molar-refractivity contribution < 1.29 is 13.9 Å². The third-order valence-electron chi connectivity index (χ3n) is 2.44. The molecule has 0 unspecified atom stereocenters. The largest absolute Gasteiger partial charge is 0.488 e. The Morgan fingerprint density at radius 2 is 2.05 bits per heavy atom. The van der Waals surface area contributed by atoms with Crippen LogP contribution < -0.4 is 15.2 Å². The van der Waals surface area contributed by atoms with Crippen LogP contribution in [0.3, 0.4) is 0 Å². The zero-order valence-electron chi connectivity index (χ0n) is 12.3. The third-order valence-corrected chi connectivity index (χ3v) is 2.44. The smallest absolute Gasteiger partial charge is 0.318 e. The van der Waals surface area contributed by atoms with Crippen molar-refractivity contribution in [3.8, 4) is 11.8 Å². The van der Waals surface area contributed by atoms with Crippen LogP contribution in [0.25, 0.3) is 0 Å². The maximum Gasteiger partial charge on any atom is 0.318 e. The number of hydrogen-bond acceptors (Lipinski definition) is 5. The van der Waals surface area contributed by atoms with Gasteiger partial charge in [0.1, 0.15) is 18.0 Å². The van der Waals surface area contributed by atoms with Crippen molar-refractivity contribution in [2.45, 2.75) is 33.0 Å². The molecule has 0 saturated heterocycles. The van der Waals surface area contributed by atoms with E-state index in [2.05, 4.69) is 9.97 Å². The second-order valence-corrected chi connectivity index (χ2v) is 5.54. The van der Waals surface area contributed by atoms with Crippen molar-refractivity contribution in [1.82, 2.24) is 9.97 Å². The number of nitrogens with two attached hydrogens (primary N) is 1. The Morgan fingerprint density at radius 3 is 2.71 bits per heavy atom. The molecule has 6 heteroatoms. The van der Waals surface area contributed by atoms with Gasteiger partial charge in [-0.05, 0) is 38.5 Å². The van der Waals surface area contributed by atoms with Crippen LogP contribution in [0.15, 0.2) is 30.5 Å². The summed E-state index contributed by atoms with van der Waals surface area (Å²) in [5.41, 5.74) is 5.98. The van der Waals surface area contributed by atoms with Gasteiger partial charge in [0.2, 0.25) is 0 Å². The van der Waals surface area contributed by atoms with Gasteiger partial charge in [-0.15, -0.1) is 0 Å². The van der Waals surface area contributed by atoms with E-state index in [1.54, 1.807) is 0 Å². The first-order valence-electron chi connectivity index (χ1n) is 6.52. The molecule has 2 aromatic rings. The second kappa shape index (κ2) is 5.95. The van der Waals surface area contributed by atoms with Crippen molar-refractivity contribution in [3.05, 3.63) is 41.8 Å². The minimum Gasteiger partial charge on any atom is -0.488 e. The lowest BCUT2D eigenvalue weighted by Gasteiger charge is -2.21. The van der Waals surface area contributed by atoms with E-state index in [0.29, 0.717) is 0 Å². The van der Waals surface area contributed by atoms with Crippen LogP contribution in [0.2, 0.25) is 0 Å². The Kier molecular flexibility index (Phi) is 4.26. The topological polar surface area (TPSA) is 70.3 Å². The molecule has 112 valence electrons. The average Bonchev–Trinajstić information content (AvgIpc) is 2.39. The molecule has 0 saturated carbocycles. The molecule has 0 bridgehead atoms. The predicted molar refractivity (Wildman–Crippen MR) is 77.6 cm³/mol. The van der Waals surface area contributed by atoms with Crippen molar-refractivity contribution in [1.29, 1.82) is 0 Å². The van der Waals surface area contributed by atoms with E-state index in [4.69, 9.17) is 15.2 Å². The molecule has 2 rings (SSSR count). The summed E-state index contributed by atoms with van der Waals surface area (Å²) < 4.78 is 24.1. The standard InChI is InChI=1S/C15H18FN3O2/c1-15(2,3)21-11-6-4-5-10(7-11)9-20-14-18-8-12(16)13(17)19-14/h4-8H,9H2,1-3H3,(H2,17,18,19). The molecule has 0 aliphatic rings. The van der Waals surface area contributed by atoms with Crippen LogP contribution >= 0.6 is 0 Å². The highest BCUT2D eigenvalue weighted by molar-refractivity contribution is 5.30. The maximum absolute atomic E-state index is 13.0. The maximum atomic E-state index is 13.0. The van der Waals surface area contributed by atoms with E-state index in [1.165, 1.54) is 0 Å². The summed E-state index contributed by atoms with van der Waals surface area (Å²) in [7, 11) is 0. The Labute approximate surface area is 122 Å². The number of ether oxygens (including phenoxy) is 2. The number of anilines is 1. The van der Waals surface area contributed by atoms with E-state index >= 15 is 0 Å². The normalized spacial score (nSPS) is 11.2. The van der Waals surface area contributed by atoms with Crippen LogP contribution in [0.4, 0.5) is 10.2 Å². The quantitative estimate of drug-likeness (QED) is 0.937. The zero-order valence-corrected chi connectivity index (χ0v) is 12.3. The molecule has 0 aliphatic heterocycles. The van der Waals surface area contributed by atoms with E-state index in [-0.39, 0.29) is 24.0 Å². The molecule has 0 radical (unpaired) electrons. The van der Waals surface area contributed by atoms with Gasteiger partial charge in [-0.25, -0.2) is 9.37 Å². The summed E-state index contributed by atoms with van der Waals surface area (Å²) >= 11 is 0. The summed E-state index contributed by atoms with van der Waals surface area (Å²) in [5.74, 6) is -0.143. The van der Waals surface area contributed by atoms with E-state index in [9.17, 15) is 4.39 Å². The van der Waals surface area contributed by atoms with Gasteiger partial charge in [-0.2, -0.15) is 4.98 Å². The molecular formula is C15H18FN3O2. The SMILES string of the molecule is CC(C)(C)Oc1cccc(COc2ncc(F)c(N)n2)c1. The van der Waals surface area contributed by atoms with Gasteiger partial charge in [-0.1, -0.05) is 12.1 Å². The van der Waals surface area contributed by atoms with Crippen molar-refractivity contribution in [2.75, 3.05) is 5.73 Å². The molecule has 21 heavy (non-hydrogen) atoms. The highest BCUT2D eigenvalue weighted by atomic mass is 19.1. The van der Waals surface area contributed by atoms with Crippen LogP contribution in [-0.4, -0.2) is 15.6 Å². The summed E-state index contributed by atoms with van der Waals surface area (Å²) in [4.78, 5) is 7.42. The minimum absolute atomic E-state index is 0.0380. The van der Waals surface area contributed by atoms with E-state index in [0.717, 1.165) is 17.5 Å². The van der Waals surface area contributed by atoms with Crippen molar-refractivity contribution in [2.24, 2.45) is 0 Å². The highest BCUT2D eigenvalue weighted by Crippen LogP contribution is 2.20. The van der Waals surface area contributed by atoms with Crippen molar-refractivity contribution in [3.63, 3.8) is 0 Å². The number of aromatic nitrogens is 2. The molecule has 2 N–H and O–H groups in total. The lowest BCUT2D eigenvalue weighted by molar-refractivity contribution is 0.130. The first-order chi connectivity index (χ1) is 9.83. The van der Waals surface area contributed by atoms with E-state index < -0.39 is 5.82 Å². The molecule has 1 aromatic heterocycles. The molecular weight excluding hydrogens is 273 g/mol. The molecule has 0 atom stereocenters. The average molecular weight is 291 g/mol. The van der Waals surface area contributed by atoms with Gasteiger partial charge in [0.25, 0.3) is 0 Å². The number of benzene rings is 1. The Balaban J connectivity index is 2.03. The van der Waals surface area contributed by atoms with Crippen LogP contribution in [0.1, 0.15) is 26.3 Å². The first kappa shape index (κ1) is 15.0. The zero-order chi connectivity index (χ0) is 15.5. The number of hydrogen-bond donors (Lipinski definition) is 1. The lowest BCUT2D eigenvalue weighted by atomic mass is 10.1. The second-order valence-electron chi connectivity index (χ2n) is 5.54. The third kappa shape index (κ3) is 4.59. The molecule has 0 fully saturated rings. The lowest BCUT2D eigenvalue weighted by Crippen LogP contribution is -2.22. The van der Waals surface area contributed by atoms with Gasteiger partial charge in [0.05, 0.1) is 6.20 Å². The Bertz CT molecular complexity index is 627. The first-order valence-corrected chi connectivity index (χ1v) is 6.52. The molecule has 1 heterocycles. The van der Waals surface area contributed by atoms with Gasteiger partial charge in [0.15, 0.2) is 11.6 Å². The van der Waals surface area contributed by atoms with Crippen LogP contribution in [0.5, 0.6) is 11.8 Å². The molecule has 0 amide bonds. The van der Waals surface area contributed by atoms with Crippen LogP contribution in [-0.2, 0) is 6.61 Å². The molecule has 5 nitrogen and oxygen atoms in total. The fourth-order valence-corrected chi connectivity index (χ4v) is 1.63. The summed E-state index contributed by atoms with van der Waals surface area (Å²) in [6, 6.07) is 7.55. The summed E-state index contributed by atoms with van der Waals surface area (Å²) in [6.07, 6.45) is 0.983. The Morgan fingerprint density at radius 1 is 1.29 bits per heavy atom. The minimum atomic E-state index is -0.664. The number of nitrogen functional groups attached to an aromatic ring is 1. The fourth-order valence-electron chi connectivity index (χ4n) is 1.63. The molecule has 1 aromatic carbocycles. The number of rotatable bonds is 4. The van der Waals surface area contributed by atoms with Gasteiger partial charge in [0, 0.05) is 0 Å². The summed E-state index contributed by atoms with van der Waals surface area (Å²) in [6.45, 7) is 6.17. The summed E-state index contributed by atoms with van der Waals surface area (Å²) in [5, 5.41) is 0. The highest BCUT2D eigenvalue weighted by Gasteiger charge is 2.12. The predicted octanol–water partition coefficient (Wildman–Crippen LogP) is 2.95. The van der Waals surface area contributed by atoms with Gasteiger partial charge in [-0.3, -0.25) is 0 Å². The van der Waals surface area contributed by atoms with Gasteiger partial charge >= 0.3 is 6.01 Å². The molecule has 0 spiro atoms. The van der Waals surface area contributed by atoms with E-state index in [1.807, 2.05) is 45.0 Å². The fraction of sp³-hybridized carbons (Fsp3) is 0.333. The monoisotopic (exact) mass is 291 g/mol. The number of nitrogens with zero attached hydrogens (tertiary/aromatic N) is 2.